The molecule has 1 N–H and O–H groups in total. The van der Waals surface area contributed by atoms with E-state index in [2.05, 4.69) is 20.7 Å². The molecule has 0 heterocycles. The SMILES string of the molecule is COC(=O)Cc1ccc(Br)c(CO)c1C#N. The van der Waals surface area contributed by atoms with Gasteiger partial charge >= 0.3 is 5.97 Å². The number of nitriles is 1. The summed E-state index contributed by atoms with van der Waals surface area (Å²) in [5, 5.41) is 18.2. The first-order chi connectivity index (χ1) is 7.63. The Labute approximate surface area is 102 Å². The zero-order valence-corrected chi connectivity index (χ0v) is 10.2. The maximum absolute atomic E-state index is 11.1. The number of aliphatic hydroxyl groups excluding tert-OH is 1. The lowest BCUT2D eigenvalue weighted by Gasteiger charge is -2.08. The Hall–Kier alpha value is -1.38. The fourth-order valence-corrected chi connectivity index (χ4v) is 1.80. The van der Waals surface area contributed by atoms with E-state index in [1.165, 1.54) is 7.11 Å². The summed E-state index contributed by atoms with van der Waals surface area (Å²) in [4.78, 5) is 11.1. The number of methoxy groups -OCH3 is 1. The number of carbonyl (C=O) groups is 1. The van der Waals surface area contributed by atoms with Gasteiger partial charge in [0.25, 0.3) is 0 Å². The molecule has 0 saturated heterocycles. The van der Waals surface area contributed by atoms with Crippen LogP contribution in [-0.4, -0.2) is 18.2 Å². The van der Waals surface area contributed by atoms with Crippen molar-refractivity contribution < 1.29 is 14.6 Å². The highest BCUT2D eigenvalue weighted by Gasteiger charge is 2.13. The molecule has 0 aliphatic rings. The highest BCUT2D eigenvalue weighted by molar-refractivity contribution is 9.10. The maximum atomic E-state index is 11.1. The fraction of sp³-hybridized carbons (Fsp3) is 0.273. The van der Waals surface area contributed by atoms with Crippen LogP contribution in [0.2, 0.25) is 0 Å². The molecule has 0 aromatic heterocycles. The van der Waals surface area contributed by atoms with Crippen molar-refractivity contribution in [2.24, 2.45) is 0 Å². The quantitative estimate of drug-likeness (QED) is 0.854. The Morgan fingerprint density at radius 3 is 2.81 bits per heavy atom. The van der Waals surface area contributed by atoms with Crippen LogP contribution in [0, 0.1) is 11.3 Å². The summed E-state index contributed by atoms with van der Waals surface area (Å²) in [6, 6.07) is 5.35. The number of benzene rings is 1. The molecule has 84 valence electrons. The number of halogens is 1. The Balaban J connectivity index is 3.21. The van der Waals surface area contributed by atoms with E-state index in [0.29, 0.717) is 21.2 Å². The van der Waals surface area contributed by atoms with Crippen LogP contribution < -0.4 is 0 Å². The molecule has 1 rings (SSSR count). The third kappa shape index (κ3) is 2.60. The molecule has 0 aliphatic carbocycles. The summed E-state index contributed by atoms with van der Waals surface area (Å²) >= 11 is 3.24. The van der Waals surface area contributed by atoms with Crippen LogP contribution in [0.4, 0.5) is 0 Å². The number of hydrogen-bond acceptors (Lipinski definition) is 4. The molecule has 4 nitrogen and oxygen atoms in total. The van der Waals surface area contributed by atoms with Crippen molar-refractivity contribution in [3.63, 3.8) is 0 Å². The number of esters is 1. The van der Waals surface area contributed by atoms with Gasteiger partial charge < -0.3 is 9.84 Å². The summed E-state index contributed by atoms with van der Waals surface area (Å²) in [5.41, 5.74) is 1.37. The minimum Gasteiger partial charge on any atom is -0.469 e. The molecule has 0 amide bonds. The zero-order chi connectivity index (χ0) is 12.1. The van der Waals surface area contributed by atoms with Gasteiger partial charge in [0.2, 0.25) is 0 Å². The molecule has 0 aliphatic heterocycles. The summed E-state index contributed by atoms with van der Waals surface area (Å²) in [7, 11) is 1.29. The van der Waals surface area contributed by atoms with Gasteiger partial charge in [0.05, 0.1) is 31.8 Å². The van der Waals surface area contributed by atoms with Gasteiger partial charge in [-0.2, -0.15) is 5.26 Å². The van der Waals surface area contributed by atoms with Gasteiger partial charge in [0.15, 0.2) is 0 Å². The number of rotatable bonds is 3. The first-order valence-electron chi connectivity index (χ1n) is 4.52. The molecular formula is C11H10BrNO3. The van der Waals surface area contributed by atoms with Gasteiger partial charge in [-0.25, -0.2) is 0 Å². The Morgan fingerprint density at radius 2 is 2.31 bits per heavy atom. The number of hydrogen-bond donors (Lipinski definition) is 1. The second-order valence-corrected chi connectivity index (χ2v) is 3.94. The average Bonchev–Trinajstić information content (AvgIpc) is 2.30. The largest absolute Gasteiger partial charge is 0.469 e. The lowest BCUT2D eigenvalue weighted by molar-refractivity contribution is -0.139. The monoisotopic (exact) mass is 283 g/mol. The molecule has 0 fully saturated rings. The van der Waals surface area contributed by atoms with Crippen molar-refractivity contribution in [3.05, 3.63) is 33.3 Å². The predicted molar refractivity (Wildman–Crippen MR) is 60.5 cm³/mol. The first-order valence-corrected chi connectivity index (χ1v) is 5.31. The van der Waals surface area contributed by atoms with Crippen molar-refractivity contribution >= 4 is 21.9 Å². The van der Waals surface area contributed by atoms with Crippen molar-refractivity contribution in [1.82, 2.24) is 0 Å². The molecule has 5 heteroatoms. The Bertz CT molecular complexity index is 451. The highest BCUT2D eigenvalue weighted by Crippen LogP contribution is 2.24. The lowest BCUT2D eigenvalue weighted by atomic mass is 10.00. The van der Waals surface area contributed by atoms with E-state index in [-0.39, 0.29) is 13.0 Å². The van der Waals surface area contributed by atoms with Crippen molar-refractivity contribution in [2.45, 2.75) is 13.0 Å². The summed E-state index contributed by atoms with van der Waals surface area (Å²) in [6.07, 6.45) is 0.0275. The topological polar surface area (TPSA) is 70.3 Å². The molecule has 0 unspecified atom stereocenters. The van der Waals surface area contributed by atoms with Gasteiger partial charge in [-0.3, -0.25) is 4.79 Å². The molecule has 0 bridgehead atoms. The van der Waals surface area contributed by atoms with Gasteiger partial charge in [-0.15, -0.1) is 0 Å². The van der Waals surface area contributed by atoms with Crippen LogP contribution in [0.3, 0.4) is 0 Å². The number of nitrogens with zero attached hydrogens (tertiary/aromatic N) is 1. The number of aliphatic hydroxyl groups is 1. The van der Waals surface area contributed by atoms with E-state index in [4.69, 9.17) is 10.4 Å². The molecule has 0 spiro atoms. The van der Waals surface area contributed by atoms with Crippen molar-refractivity contribution in [3.8, 4) is 6.07 Å². The minimum atomic E-state index is -0.414. The third-order valence-corrected chi connectivity index (χ3v) is 2.92. The fourth-order valence-electron chi connectivity index (χ4n) is 1.34. The molecule has 1 aromatic rings. The zero-order valence-electron chi connectivity index (χ0n) is 8.66. The van der Waals surface area contributed by atoms with Crippen molar-refractivity contribution in [1.29, 1.82) is 5.26 Å². The molecule has 0 saturated carbocycles. The van der Waals surface area contributed by atoms with Crippen molar-refractivity contribution in [2.75, 3.05) is 7.11 Å². The van der Waals surface area contributed by atoms with E-state index in [0.717, 1.165) is 0 Å². The minimum absolute atomic E-state index is 0.0275. The molecule has 16 heavy (non-hydrogen) atoms. The molecule has 0 radical (unpaired) electrons. The second-order valence-electron chi connectivity index (χ2n) is 3.08. The predicted octanol–water partition coefficient (Wildman–Crippen LogP) is 1.53. The smallest absolute Gasteiger partial charge is 0.310 e. The van der Waals surface area contributed by atoms with Gasteiger partial charge in [-0.1, -0.05) is 22.0 Å². The van der Waals surface area contributed by atoms with E-state index < -0.39 is 5.97 Å². The van der Waals surface area contributed by atoms with Gasteiger partial charge in [-0.05, 0) is 11.6 Å². The lowest BCUT2D eigenvalue weighted by Crippen LogP contribution is -2.07. The van der Waals surface area contributed by atoms with Crippen LogP contribution >= 0.6 is 15.9 Å². The average molecular weight is 284 g/mol. The van der Waals surface area contributed by atoms with Crippen LogP contribution in [-0.2, 0) is 22.6 Å². The summed E-state index contributed by atoms with van der Waals surface area (Å²) in [6.45, 7) is -0.251. The van der Waals surface area contributed by atoms with Gasteiger partial charge in [0, 0.05) is 10.0 Å². The molecule has 1 aromatic carbocycles. The van der Waals surface area contributed by atoms with Crippen LogP contribution in [0.15, 0.2) is 16.6 Å². The van der Waals surface area contributed by atoms with E-state index in [1.807, 2.05) is 6.07 Å². The van der Waals surface area contributed by atoms with E-state index >= 15 is 0 Å². The number of ether oxygens (including phenoxy) is 1. The van der Waals surface area contributed by atoms with Gasteiger partial charge in [0.1, 0.15) is 0 Å². The summed E-state index contributed by atoms with van der Waals surface area (Å²) in [5.74, 6) is -0.414. The molecular weight excluding hydrogens is 274 g/mol. The Morgan fingerprint density at radius 1 is 1.62 bits per heavy atom. The second kappa shape index (κ2) is 5.64. The highest BCUT2D eigenvalue weighted by atomic mass is 79.9. The van der Waals surface area contributed by atoms with Crippen LogP contribution in [0.25, 0.3) is 0 Å². The maximum Gasteiger partial charge on any atom is 0.310 e. The normalized spacial score (nSPS) is 9.62. The van der Waals surface area contributed by atoms with E-state index in [1.54, 1.807) is 12.1 Å². The van der Waals surface area contributed by atoms with Crippen LogP contribution in [0.1, 0.15) is 16.7 Å². The standard InChI is InChI=1S/C11H10BrNO3/c1-16-11(15)4-7-2-3-10(12)9(6-14)8(7)5-13/h2-3,14H,4,6H2,1H3. The summed E-state index contributed by atoms with van der Waals surface area (Å²) < 4.78 is 5.19. The third-order valence-electron chi connectivity index (χ3n) is 2.17. The van der Waals surface area contributed by atoms with E-state index in [9.17, 15) is 4.79 Å². The number of carbonyl (C=O) groups excluding carboxylic acids is 1. The first kappa shape index (κ1) is 12.7. The van der Waals surface area contributed by atoms with Crippen LogP contribution in [0.5, 0.6) is 0 Å². The Kier molecular flexibility index (Phi) is 4.47. The molecule has 0 atom stereocenters.